The smallest absolute Gasteiger partial charge is 0.352 e. The van der Waals surface area contributed by atoms with E-state index in [1.807, 2.05) is 0 Å². The number of nitrogens with two attached hydrogens (primary N) is 1. The van der Waals surface area contributed by atoms with Crippen molar-refractivity contribution in [1.29, 1.82) is 0 Å². The van der Waals surface area contributed by atoms with Crippen LogP contribution in [0.1, 0.15) is 19.8 Å². The number of rotatable bonds is 6. The standard InChI is InChI=1S/C12H18N2O4S/c1-2-3-4-18-5-7-6-19-11-8(13)10(15)14(11)9(7)12(16)17/h8,11H,2-6,13H2,1H3,(H,16,17). The van der Waals surface area contributed by atoms with E-state index >= 15 is 0 Å². The third kappa shape index (κ3) is 2.63. The number of carboxylic acid groups (broad SMARTS) is 1. The van der Waals surface area contributed by atoms with Crippen LogP contribution in [0.25, 0.3) is 0 Å². The first-order chi connectivity index (χ1) is 9.07. The second kappa shape index (κ2) is 5.94. The molecule has 2 aliphatic rings. The minimum atomic E-state index is -1.08. The van der Waals surface area contributed by atoms with Crippen LogP contribution in [0.4, 0.5) is 0 Å². The van der Waals surface area contributed by atoms with Gasteiger partial charge in [-0.15, -0.1) is 11.8 Å². The molecule has 2 rings (SSSR count). The number of unbranched alkanes of at least 4 members (excludes halogenated alkanes) is 1. The number of β-lactam (4-membered cyclic amide) rings is 1. The quantitative estimate of drug-likeness (QED) is 0.542. The van der Waals surface area contributed by atoms with Gasteiger partial charge in [0, 0.05) is 12.4 Å². The highest BCUT2D eigenvalue weighted by atomic mass is 32.2. The van der Waals surface area contributed by atoms with E-state index in [9.17, 15) is 14.7 Å². The summed E-state index contributed by atoms with van der Waals surface area (Å²) in [4.78, 5) is 24.3. The predicted octanol–water partition coefficient (Wildman–Crippen LogP) is 0.384. The molecule has 106 valence electrons. The zero-order valence-electron chi connectivity index (χ0n) is 10.8. The molecule has 7 heteroatoms. The van der Waals surface area contributed by atoms with E-state index in [0.29, 0.717) is 17.9 Å². The van der Waals surface area contributed by atoms with Crippen molar-refractivity contribution in [2.24, 2.45) is 5.73 Å². The number of nitrogens with zero attached hydrogens (tertiary/aromatic N) is 1. The molecule has 3 N–H and O–H groups in total. The topological polar surface area (TPSA) is 92.9 Å². The van der Waals surface area contributed by atoms with Crippen LogP contribution in [0, 0.1) is 0 Å². The number of fused-ring (bicyclic) bond motifs is 1. The average molecular weight is 286 g/mol. The Balaban J connectivity index is 2.09. The van der Waals surface area contributed by atoms with Crippen molar-refractivity contribution < 1.29 is 19.4 Å². The zero-order chi connectivity index (χ0) is 14.0. The van der Waals surface area contributed by atoms with Gasteiger partial charge in [0.25, 0.3) is 0 Å². The molecule has 0 bridgehead atoms. The summed E-state index contributed by atoms with van der Waals surface area (Å²) in [5, 5.41) is 9.04. The van der Waals surface area contributed by atoms with Gasteiger partial charge in [-0.1, -0.05) is 13.3 Å². The maximum atomic E-state index is 11.7. The third-order valence-electron chi connectivity index (χ3n) is 3.21. The van der Waals surface area contributed by atoms with Crippen molar-refractivity contribution in [3.05, 3.63) is 11.3 Å². The third-order valence-corrected chi connectivity index (χ3v) is 4.57. The summed E-state index contributed by atoms with van der Waals surface area (Å²) in [7, 11) is 0. The first kappa shape index (κ1) is 14.4. The lowest BCUT2D eigenvalue weighted by Crippen LogP contribution is -2.68. The average Bonchev–Trinajstić information content (AvgIpc) is 2.41. The first-order valence-electron chi connectivity index (χ1n) is 6.31. The summed E-state index contributed by atoms with van der Waals surface area (Å²) < 4.78 is 5.46. The van der Waals surface area contributed by atoms with E-state index in [4.69, 9.17) is 10.5 Å². The van der Waals surface area contributed by atoms with Crippen LogP contribution in [0.3, 0.4) is 0 Å². The summed E-state index contributed by atoms with van der Waals surface area (Å²) in [6.07, 6.45) is 1.97. The Morgan fingerprint density at radius 1 is 1.63 bits per heavy atom. The summed E-state index contributed by atoms with van der Waals surface area (Å²) in [6, 6.07) is -0.582. The number of carboxylic acids is 1. The maximum absolute atomic E-state index is 11.7. The fraction of sp³-hybridized carbons (Fsp3) is 0.667. The van der Waals surface area contributed by atoms with Gasteiger partial charge in [-0.05, 0) is 12.0 Å². The zero-order valence-corrected chi connectivity index (χ0v) is 11.6. The Hall–Kier alpha value is -1.05. The Bertz CT molecular complexity index is 424. The molecule has 1 amide bonds. The van der Waals surface area contributed by atoms with E-state index in [1.54, 1.807) is 0 Å². The van der Waals surface area contributed by atoms with E-state index in [2.05, 4.69) is 6.92 Å². The summed E-state index contributed by atoms with van der Waals surface area (Å²) in [5.74, 6) is -0.851. The van der Waals surface area contributed by atoms with E-state index in [-0.39, 0.29) is 23.6 Å². The lowest BCUT2D eigenvalue weighted by Gasteiger charge is -2.47. The molecule has 2 heterocycles. The normalized spacial score (nSPS) is 26.2. The van der Waals surface area contributed by atoms with Crippen molar-refractivity contribution >= 4 is 23.6 Å². The molecular weight excluding hydrogens is 268 g/mol. The van der Waals surface area contributed by atoms with Gasteiger partial charge < -0.3 is 15.6 Å². The number of hydrogen-bond donors (Lipinski definition) is 2. The summed E-state index contributed by atoms with van der Waals surface area (Å²) >= 11 is 1.50. The van der Waals surface area contributed by atoms with Gasteiger partial charge in [0.2, 0.25) is 5.91 Å². The molecule has 2 aliphatic heterocycles. The minimum Gasteiger partial charge on any atom is -0.477 e. The number of carbonyl (C=O) groups excluding carboxylic acids is 1. The lowest BCUT2D eigenvalue weighted by molar-refractivity contribution is -0.148. The van der Waals surface area contributed by atoms with Gasteiger partial charge in [-0.2, -0.15) is 0 Å². The molecule has 0 saturated carbocycles. The van der Waals surface area contributed by atoms with E-state index in [1.165, 1.54) is 16.7 Å². The van der Waals surface area contributed by atoms with Gasteiger partial charge in [0.1, 0.15) is 17.1 Å². The van der Waals surface area contributed by atoms with Crippen molar-refractivity contribution in [3.63, 3.8) is 0 Å². The van der Waals surface area contributed by atoms with Gasteiger partial charge in [0.15, 0.2) is 0 Å². The molecular formula is C12H18N2O4S. The van der Waals surface area contributed by atoms with Crippen LogP contribution in [0.15, 0.2) is 11.3 Å². The summed E-state index contributed by atoms with van der Waals surface area (Å²) in [5.41, 5.74) is 6.38. The van der Waals surface area contributed by atoms with Crippen LogP contribution < -0.4 is 5.73 Å². The number of thioether (sulfide) groups is 1. The summed E-state index contributed by atoms with van der Waals surface area (Å²) in [6.45, 7) is 2.93. The minimum absolute atomic E-state index is 0.0620. The predicted molar refractivity (Wildman–Crippen MR) is 71.5 cm³/mol. The Kier molecular flexibility index (Phi) is 4.49. The molecule has 2 unspecified atom stereocenters. The molecule has 1 saturated heterocycles. The van der Waals surface area contributed by atoms with Crippen molar-refractivity contribution in [1.82, 2.24) is 4.90 Å². The molecule has 0 aromatic heterocycles. The highest BCUT2D eigenvalue weighted by Crippen LogP contribution is 2.39. The lowest BCUT2D eigenvalue weighted by atomic mass is 10.0. The SMILES string of the molecule is CCCCOCC1=C(C(=O)O)N2C(=O)C(N)C2SC1. The molecule has 2 atom stereocenters. The van der Waals surface area contributed by atoms with Crippen molar-refractivity contribution in [2.75, 3.05) is 19.0 Å². The molecule has 0 spiro atoms. The second-order valence-corrected chi connectivity index (χ2v) is 5.70. The van der Waals surface area contributed by atoms with Crippen LogP contribution in [-0.4, -0.2) is 52.3 Å². The van der Waals surface area contributed by atoms with Gasteiger partial charge in [-0.3, -0.25) is 9.69 Å². The van der Waals surface area contributed by atoms with Crippen LogP contribution >= 0.6 is 11.8 Å². The van der Waals surface area contributed by atoms with E-state index < -0.39 is 12.0 Å². The monoisotopic (exact) mass is 286 g/mol. The largest absolute Gasteiger partial charge is 0.477 e. The van der Waals surface area contributed by atoms with Crippen LogP contribution in [0.5, 0.6) is 0 Å². The van der Waals surface area contributed by atoms with Gasteiger partial charge >= 0.3 is 5.97 Å². The molecule has 6 nitrogen and oxygen atoms in total. The van der Waals surface area contributed by atoms with Crippen molar-refractivity contribution in [2.45, 2.75) is 31.2 Å². The van der Waals surface area contributed by atoms with Gasteiger partial charge in [0.05, 0.1) is 6.61 Å². The molecule has 0 radical (unpaired) electrons. The number of aliphatic carboxylic acids is 1. The molecule has 0 aliphatic carbocycles. The van der Waals surface area contributed by atoms with Gasteiger partial charge in [-0.25, -0.2) is 4.79 Å². The number of ether oxygens (including phenoxy) is 1. The van der Waals surface area contributed by atoms with Crippen molar-refractivity contribution in [3.8, 4) is 0 Å². The molecule has 1 fully saturated rings. The highest BCUT2D eigenvalue weighted by Gasteiger charge is 2.51. The Morgan fingerprint density at radius 2 is 2.37 bits per heavy atom. The Morgan fingerprint density at radius 3 is 3.00 bits per heavy atom. The fourth-order valence-corrected chi connectivity index (χ4v) is 3.41. The fourth-order valence-electron chi connectivity index (χ4n) is 2.13. The number of amides is 1. The van der Waals surface area contributed by atoms with Crippen LogP contribution in [-0.2, 0) is 14.3 Å². The second-order valence-electron chi connectivity index (χ2n) is 4.60. The highest BCUT2D eigenvalue weighted by molar-refractivity contribution is 8.00. The number of hydrogen-bond acceptors (Lipinski definition) is 5. The maximum Gasteiger partial charge on any atom is 0.352 e. The number of carbonyl (C=O) groups is 2. The van der Waals surface area contributed by atoms with E-state index in [0.717, 1.165) is 12.8 Å². The molecule has 19 heavy (non-hydrogen) atoms. The molecule has 0 aromatic rings. The first-order valence-corrected chi connectivity index (χ1v) is 7.36. The van der Waals surface area contributed by atoms with Crippen LogP contribution in [0.2, 0.25) is 0 Å². The molecule has 0 aromatic carbocycles. The Labute approximate surface area is 116 Å².